The maximum absolute atomic E-state index is 12.7. The topological polar surface area (TPSA) is 49.4 Å². The zero-order chi connectivity index (χ0) is 16.3. The number of carbonyl (C=O) groups is 2. The molecule has 1 aromatic carbocycles. The van der Waals surface area contributed by atoms with Crippen molar-refractivity contribution in [1.82, 2.24) is 4.90 Å². The maximum atomic E-state index is 12.7. The first kappa shape index (κ1) is 16.3. The van der Waals surface area contributed by atoms with Gasteiger partial charge in [-0.3, -0.25) is 9.59 Å². The Balaban J connectivity index is 2.21. The Morgan fingerprint density at radius 2 is 1.91 bits per heavy atom. The van der Waals surface area contributed by atoms with Gasteiger partial charge in [-0.1, -0.05) is 26.5 Å². The molecule has 4 heteroatoms. The second-order valence-electron chi connectivity index (χ2n) is 6.38. The predicted octanol–water partition coefficient (Wildman–Crippen LogP) is 3.24. The van der Waals surface area contributed by atoms with Crippen LogP contribution in [0.5, 0.6) is 0 Å². The van der Waals surface area contributed by atoms with E-state index in [2.05, 4.69) is 25.7 Å². The van der Waals surface area contributed by atoms with Gasteiger partial charge >= 0.3 is 0 Å². The van der Waals surface area contributed by atoms with E-state index in [9.17, 15) is 9.59 Å². The van der Waals surface area contributed by atoms with Crippen LogP contribution in [0.2, 0.25) is 0 Å². The highest BCUT2D eigenvalue weighted by Crippen LogP contribution is 2.24. The Bertz CT molecular complexity index is 585. The van der Waals surface area contributed by atoms with Crippen molar-refractivity contribution >= 4 is 17.5 Å². The standard InChI is InChI=1S/C18H24N2O2/c1-5-17(21)19-16-9-15(7-6-14(16)4)18(22)20-10-12(2)8-13(3)11-20/h5-7,9,12-13H,1,8,10-11H2,2-4H3,(H,19,21). The van der Waals surface area contributed by atoms with Crippen LogP contribution in [0, 0.1) is 18.8 Å². The molecule has 1 aromatic rings. The second kappa shape index (κ2) is 6.77. The van der Waals surface area contributed by atoms with Crippen molar-refractivity contribution in [2.24, 2.45) is 11.8 Å². The third-order valence-electron chi connectivity index (χ3n) is 4.08. The number of rotatable bonds is 3. The van der Waals surface area contributed by atoms with E-state index in [0.29, 0.717) is 23.1 Å². The minimum Gasteiger partial charge on any atom is -0.338 e. The molecule has 0 saturated carbocycles. The molecule has 22 heavy (non-hydrogen) atoms. The van der Waals surface area contributed by atoms with Crippen LogP contribution in [0.15, 0.2) is 30.9 Å². The van der Waals surface area contributed by atoms with Gasteiger partial charge in [0.2, 0.25) is 5.91 Å². The Kier molecular flexibility index (Phi) is 5.01. The Morgan fingerprint density at radius 1 is 1.27 bits per heavy atom. The fourth-order valence-electron chi connectivity index (χ4n) is 3.08. The van der Waals surface area contributed by atoms with Gasteiger partial charge in [0.25, 0.3) is 5.91 Å². The first-order valence-electron chi connectivity index (χ1n) is 7.74. The molecule has 118 valence electrons. The first-order valence-corrected chi connectivity index (χ1v) is 7.74. The molecular formula is C18H24N2O2. The molecule has 0 spiro atoms. The van der Waals surface area contributed by atoms with Gasteiger partial charge in [0.15, 0.2) is 0 Å². The van der Waals surface area contributed by atoms with Gasteiger partial charge < -0.3 is 10.2 Å². The quantitative estimate of drug-likeness (QED) is 0.871. The lowest BCUT2D eigenvalue weighted by atomic mass is 9.91. The molecule has 2 atom stereocenters. The van der Waals surface area contributed by atoms with E-state index in [4.69, 9.17) is 0 Å². The first-order chi connectivity index (χ1) is 10.4. The number of likely N-dealkylation sites (tertiary alicyclic amines) is 1. The van der Waals surface area contributed by atoms with Crippen LogP contribution in [-0.4, -0.2) is 29.8 Å². The molecule has 1 heterocycles. The number of benzene rings is 1. The van der Waals surface area contributed by atoms with Gasteiger partial charge in [-0.2, -0.15) is 0 Å². The van der Waals surface area contributed by atoms with Gasteiger partial charge in [-0.05, 0) is 49.0 Å². The van der Waals surface area contributed by atoms with Crippen LogP contribution >= 0.6 is 0 Å². The molecule has 2 rings (SSSR count). The number of amides is 2. The lowest BCUT2D eigenvalue weighted by molar-refractivity contribution is -0.111. The number of nitrogens with zero attached hydrogens (tertiary/aromatic N) is 1. The Labute approximate surface area is 132 Å². The maximum Gasteiger partial charge on any atom is 0.253 e. The number of hydrogen-bond donors (Lipinski definition) is 1. The molecular weight excluding hydrogens is 276 g/mol. The molecule has 1 aliphatic heterocycles. The summed E-state index contributed by atoms with van der Waals surface area (Å²) >= 11 is 0. The molecule has 0 aromatic heterocycles. The summed E-state index contributed by atoms with van der Waals surface area (Å²) in [5, 5.41) is 2.75. The molecule has 2 amide bonds. The fraction of sp³-hybridized carbons (Fsp3) is 0.444. The number of aryl methyl sites for hydroxylation is 1. The molecule has 0 radical (unpaired) electrons. The van der Waals surface area contributed by atoms with Crippen molar-refractivity contribution in [1.29, 1.82) is 0 Å². The highest BCUT2D eigenvalue weighted by atomic mass is 16.2. The molecule has 1 aliphatic rings. The van der Waals surface area contributed by atoms with Crippen LogP contribution < -0.4 is 5.32 Å². The van der Waals surface area contributed by atoms with Crippen molar-refractivity contribution in [3.63, 3.8) is 0 Å². The summed E-state index contributed by atoms with van der Waals surface area (Å²) in [6.45, 7) is 11.3. The monoisotopic (exact) mass is 300 g/mol. The van der Waals surface area contributed by atoms with Crippen LogP contribution in [0.3, 0.4) is 0 Å². The summed E-state index contributed by atoms with van der Waals surface area (Å²) in [5.74, 6) is 0.816. The van der Waals surface area contributed by atoms with Crippen molar-refractivity contribution in [2.45, 2.75) is 27.2 Å². The van der Waals surface area contributed by atoms with Crippen molar-refractivity contribution in [3.05, 3.63) is 42.0 Å². The zero-order valence-corrected chi connectivity index (χ0v) is 13.6. The van der Waals surface area contributed by atoms with E-state index in [0.717, 1.165) is 25.1 Å². The van der Waals surface area contributed by atoms with Crippen LogP contribution in [0.1, 0.15) is 36.2 Å². The minimum atomic E-state index is -0.270. The third kappa shape index (κ3) is 3.75. The number of piperidine rings is 1. The van der Waals surface area contributed by atoms with Crippen molar-refractivity contribution in [2.75, 3.05) is 18.4 Å². The van der Waals surface area contributed by atoms with E-state index in [1.54, 1.807) is 6.07 Å². The van der Waals surface area contributed by atoms with E-state index in [1.165, 1.54) is 6.08 Å². The highest BCUT2D eigenvalue weighted by Gasteiger charge is 2.26. The zero-order valence-electron chi connectivity index (χ0n) is 13.6. The largest absolute Gasteiger partial charge is 0.338 e. The lowest BCUT2D eigenvalue weighted by Gasteiger charge is -2.35. The van der Waals surface area contributed by atoms with Crippen LogP contribution in [-0.2, 0) is 4.79 Å². The fourth-order valence-corrected chi connectivity index (χ4v) is 3.08. The van der Waals surface area contributed by atoms with Crippen molar-refractivity contribution < 1.29 is 9.59 Å². The van der Waals surface area contributed by atoms with Gasteiger partial charge in [0.05, 0.1) is 0 Å². The summed E-state index contributed by atoms with van der Waals surface area (Å²) in [4.78, 5) is 26.1. The van der Waals surface area contributed by atoms with E-state index in [1.807, 2.05) is 24.0 Å². The van der Waals surface area contributed by atoms with E-state index < -0.39 is 0 Å². The number of carbonyl (C=O) groups excluding carboxylic acids is 2. The average molecular weight is 300 g/mol. The number of anilines is 1. The van der Waals surface area contributed by atoms with Crippen molar-refractivity contribution in [3.8, 4) is 0 Å². The Hall–Kier alpha value is -2.10. The molecule has 1 N–H and O–H groups in total. The summed E-state index contributed by atoms with van der Waals surface area (Å²) < 4.78 is 0. The lowest BCUT2D eigenvalue weighted by Crippen LogP contribution is -2.42. The smallest absolute Gasteiger partial charge is 0.253 e. The molecule has 1 fully saturated rings. The summed E-state index contributed by atoms with van der Waals surface area (Å²) in [5.41, 5.74) is 2.20. The normalized spacial score (nSPS) is 21.3. The minimum absolute atomic E-state index is 0.0347. The Morgan fingerprint density at radius 3 is 2.50 bits per heavy atom. The molecule has 2 unspecified atom stereocenters. The van der Waals surface area contributed by atoms with Gasteiger partial charge in [-0.25, -0.2) is 0 Å². The predicted molar refractivity (Wildman–Crippen MR) is 88.9 cm³/mol. The summed E-state index contributed by atoms with van der Waals surface area (Å²) in [6, 6.07) is 5.44. The SMILES string of the molecule is C=CC(=O)Nc1cc(C(=O)N2CC(C)CC(C)C2)ccc1C. The molecule has 0 aliphatic carbocycles. The summed E-state index contributed by atoms with van der Waals surface area (Å²) in [7, 11) is 0. The number of nitrogens with one attached hydrogen (secondary N) is 1. The van der Waals surface area contributed by atoms with Gasteiger partial charge in [0.1, 0.15) is 0 Å². The van der Waals surface area contributed by atoms with Gasteiger partial charge in [-0.15, -0.1) is 0 Å². The second-order valence-corrected chi connectivity index (χ2v) is 6.38. The van der Waals surface area contributed by atoms with E-state index >= 15 is 0 Å². The molecule has 0 bridgehead atoms. The average Bonchev–Trinajstić information content (AvgIpc) is 2.47. The van der Waals surface area contributed by atoms with E-state index in [-0.39, 0.29) is 11.8 Å². The van der Waals surface area contributed by atoms with Crippen LogP contribution in [0.4, 0.5) is 5.69 Å². The van der Waals surface area contributed by atoms with Crippen LogP contribution in [0.25, 0.3) is 0 Å². The molecule has 1 saturated heterocycles. The highest BCUT2D eigenvalue weighted by molar-refractivity contribution is 6.01. The van der Waals surface area contributed by atoms with Gasteiger partial charge in [0, 0.05) is 24.3 Å². The third-order valence-corrected chi connectivity index (χ3v) is 4.08. The number of hydrogen-bond acceptors (Lipinski definition) is 2. The molecule has 4 nitrogen and oxygen atoms in total. The summed E-state index contributed by atoms with van der Waals surface area (Å²) in [6.07, 6.45) is 2.39.